The van der Waals surface area contributed by atoms with Gasteiger partial charge in [0, 0.05) is 24.4 Å². The lowest BCUT2D eigenvalue weighted by Crippen LogP contribution is -3.00. The summed E-state index contributed by atoms with van der Waals surface area (Å²) in [7, 11) is 0. The number of carbonyl (C=O) groups is 1. The van der Waals surface area contributed by atoms with Crippen LogP contribution in [0.4, 0.5) is 10.5 Å². The summed E-state index contributed by atoms with van der Waals surface area (Å²) in [6, 6.07) is 19.9. The molecule has 0 spiro atoms. The molecule has 0 unspecified atom stereocenters. The molecule has 3 saturated heterocycles. The number of piperidine rings is 3. The van der Waals surface area contributed by atoms with E-state index in [2.05, 4.69) is 6.58 Å². The minimum absolute atomic E-state index is 0. The van der Waals surface area contributed by atoms with Crippen LogP contribution < -0.4 is 21.9 Å². The van der Waals surface area contributed by atoms with Gasteiger partial charge in [0.2, 0.25) is 0 Å². The number of amides is 1. The van der Waals surface area contributed by atoms with Gasteiger partial charge in [0.25, 0.3) is 0 Å². The van der Waals surface area contributed by atoms with Crippen LogP contribution in [-0.2, 0) is 11.3 Å². The molecule has 3 aliphatic rings. The van der Waals surface area contributed by atoms with Gasteiger partial charge in [-0.15, -0.1) is 0 Å². The van der Waals surface area contributed by atoms with Gasteiger partial charge < -0.3 is 26.2 Å². The third-order valence-electron chi connectivity index (χ3n) is 6.28. The summed E-state index contributed by atoms with van der Waals surface area (Å²) < 4.78 is 7.14. The Morgan fingerprint density at radius 2 is 1.69 bits per heavy atom. The summed E-state index contributed by atoms with van der Waals surface area (Å²) in [5, 5.41) is 0. The van der Waals surface area contributed by atoms with Gasteiger partial charge in [-0.05, 0) is 23.8 Å². The molecule has 0 N–H and O–H groups in total. The molecule has 4 nitrogen and oxygen atoms in total. The number of halogens is 1. The number of ether oxygens (including phenoxy) is 1. The van der Waals surface area contributed by atoms with E-state index in [1.165, 1.54) is 13.1 Å². The molecule has 3 heterocycles. The highest BCUT2D eigenvalue weighted by Crippen LogP contribution is 2.36. The first kappa shape index (κ1) is 21.6. The van der Waals surface area contributed by atoms with Crippen molar-refractivity contribution in [2.24, 2.45) is 5.92 Å². The summed E-state index contributed by atoms with van der Waals surface area (Å²) in [5.74, 6) is 0.489. The Morgan fingerprint density at radius 3 is 2.31 bits per heavy atom. The fourth-order valence-electron chi connectivity index (χ4n) is 4.71. The van der Waals surface area contributed by atoms with E-state index in [-0.39, 0.29) is 29.2 Å². The van der Waals surface area contributed by atoms with Crippen molar-refractivity contribution in [3.63, 3.8) is 0 Å². The Bertz CT molecular complexity index is 804. The lowest BCUT2D eigenvalue weighted by Gasteiger charge is -2.51. The third kappa shape index (κ3) is 4.90. The number of carbonyl (C=O) groups excluding carboxylic acids is 1. The van der Waals surface area contributed by atoms with Crippen molar-refractivity contribution in [2.45, 2.75) is 25.5 Å². The smallest absolute Gasteiger partial charge is 0.415 e. The molecule has 0 saturated carbocycles. The Labute approximate surface area is 184 Å². The standard InChI is InChI=1S/C24H29N2O2.BrH/c1-2-15-26-16-13-21(14-17-26)23(19-26)28-24(27)25(22-11-7-4-8-12-22)18-20-9-5-3-6-10-20;/h2-12,21,23H,1,13-19H2;1H/q+1;/p-1/t21?,23-,26?;/m0./s1. The first-order valence-corrected chi connectivity index (χ1v) is 10.2. The summed E-state index contributed by atoms with van der Waals surface area (Å²) in [6.07, 6.45) is 4.03. The highest BCUT2D eigenvalue weighted by molar-refractivity contribution is 5.87. The van der Waals surface area contributed by atoms with E-state index in [1.54, 1.807) is 4.90 Å². The maximum Gasteiger partial charge on any atom is 0.415 e. The van der Waals surface area contributed by atoms with Gasteiger partial charge in [-0.25, -0.2) is 4.79 Å². The Kier molecular flexibility index (Phi) is 7.14. The maximum atomic E-state index is 13.2. The molecule has 5 heteroatoms. The monoisotopic (exact) mass is 456 g/mol. The van der Waals surface area contributed by atoms with Crippen LogP contribution in [0.3, 0.4) is 0 Å². The van der Waals surface area contributed by atoms with Crippen LogP contribution in [-0.4, -0.2) is 42.9 Å². The van der Waals surface area contributed by atoms with Crippen molar-refractivity contribution in [1.29, 1.82) is 0 Å². The summed E-state index contributed by atoms with van der Waals surface area (Å²) in [5.41, 5.74) is 1.96. The largest absolute Gasteiger partial charge is 1.00 e. The molecule has 29 heavy (non-hydrogen) atoms. The molecule has 3 aliphatic heterocycles. The van der Waals surface area contributed by atoms with Gasteiger partial charge in [0.05, 0.1) is 26.2 Å². The number of hydrogen-bond acceptors (Lipinski definition) is 2. The van der Waals surface area contributed by atoms with Crippen molar-refractivity contribution in [1.82, 2.24) is 0 Å². The van der Waals surface area contributed by atoms with E-state index >= 15 is 0 Å². The first-order valence-electron chi connectivity index (χ1n) is 10.2. The lowest BCUT2D eigenvalue weighted by atomic mass is 9.83. The number of fused-ring (bicyclic) bond motifs is 3. The highest BCUT2D eigenvalue weighted by Gasteiger charge is 2.47. The summed E-state index contributed by atoms with van der Waals surface area (Å²) >= 11 is 0. The van der Waals surface area contributed by atoms with Crippen molar-refractivity contribution in [2.75, 3.05) is 31.1 Å². The van der Waals surface area contributed by atoms with Crippen LogP contribution in [0.1, 0.15) is 18.4 Å². The number of quaternary nitrogens is 1. The molecule has 154 valence electrons. The second kappa shape index (κ2) is 9.59. The zero-order valence-electron chi connectivity index (χ0n) is 16.8. The molecule has 0 aromatic heterocycles. The predicted molar refractivity (Wildman–Crippen MR) is 112 cm³/mol. The van der Waals surface area contributed by atoms with Gasteiger partial charge in [-0.1, -0.05) is 55.1 Å². The second-order valence-corrected chi connectivity index (χ2v) is 8.11. The number of para-hydroxylation sites is 1. The summed E-state index contributed by atoms with van der Waals surface area (Å²) in [6.45, 7) is 8.68. The van der Waals surface area contributed by atoms with Crippen LogP contribution in [0.15, 0.2) is 73.3 Å². The molecule has 0 aliphatic carbocycles. The first-order chi connectivity index (χ1) is 13.7. The predicted octanol–water partition coefficient (Wildman–Crippen LogP) is 1.63. The molecule has 2 aromatic carbocycles. The number of nitrogens with zero attached hydrogens (tertiary/aromatic N) is 2. The van der Waals surface area contributed by atoms with Crippen LogP contribution in [0, 0.1) is 5.92 Å². The molecule has 5 rings (SSSR count). The van der Waals surface area contributed by atoms with Crippen LogP contribution >= 0.6 is 0 Å². The minimum Gasteiger partial charge on any atom is -1.00 e. The van der Waals surface area contributed by atoms with E-state index < -0.39 is 0 Å². The SMILES string of the molecule is C=CC[N+]12CCC(CC1)[C@@H](OC(=O)N(Cc1ccccc1)c1ccccc1)C2.[Br-]. The van der Waals surface area contributed by atoms with E-state index in [1.807, 2.05) is 66.7 Å². The highest BCUT2D eigenvalue weighted by atomic mass is 79.9. The third-order valence-corrected chi connectivity index (χ3v) is 6.28. The van der Waals surface area contributed by atoms with Gasteiger partial charge in [0.15, 0.2) is 6.10 Å². The number of hydrogen-bond donors (Lipinski definition) is 0. The molecule has 2 bridgehead atoms. The van der Waals surface area contributed by atoms with E-state index in [0.717, 1.165) is 41.7 Å². The molecular formula is C24H29BrN2O2. The molecule has 2 aromatic rings. The number of rotatable bonds is 6. The van der Waals surface area contributed by atoms with E-state index in [9.17, 15) is 4.79 Å². The molecular weight excluding hydrogens is 428 g/mol. The average Bonchev–Trinajstić information content (AvgIpc) is 2.74. The Morgan fingerprint density at radius 1 is 1.07 bits per heavy atom. The van der Waals surface area contributed by atoms with Gasteiger partial charge in [-0.2, -0.15) is 0 Å². The summed E-state index contributed by atoms with van der Waals surface area (Å²) in [4.78, 5) is 15.0. The van der Waals surface area contributed by atoms with Gasteiger partial charge >= 0.3 is 6.09 Å². The maximum absolute atomic E-state index is 13.2. The fourth-order valence-corrected chi connectivity index (χ4v) is 4.71. The van der Waals surface area contributed by atoms with Gasteiger partial charge in [0.1, 0.15) is 6.54 Å². The number of anilines is 1. The quantitative estimate of drug-likeness (QED) is 0.488. The van der Waals surface area contributed by atoms with Gasteiger partial charge in [-0.3, -0.25) is 4.90 Å². The van der Waals surface area contributed by atoms with E-state index in [4.69, 9.17) is 4.74 Å². The zero-order valence-corrected chi connectivity index (χ0v) is 18.3. The zero-order chi connectivity index (χ0) is 19.4. The second-order valence-electron chi connectivity index (χ2n) is 8.11. The van der Waals surface area contributed by atoms with Crippen LogP contribution in [0.2, 0.25) is 0 Å². The fraction of sp³-hybridized carbons (Fsp3) is 0.375. The minimum atomic E-state index is -0.245. The number of benzene rings is 2. The van der Waals surface area contributed by atoms with Crippen LogP contribution in [0.5, 0.6) is 0 Å². The van der Waals surface area contributed by atoms with Crippen molar-refractivity contribution >= 4 is 11.8 Å². The normalized spacial score (nSPS) is 25.0. The average molecular weight is 457 g/mol. The van der Waals surface area contributed by atoms with Crippen LogP contribution in [0.25, 0.3) is 0 Å². The molecule has 1 atom stereocenters. The topological polar surface area (TPSA) is 29.5 Å². The van der Waals surface area contributed by atoms with Crippen molar-refractivity contribution in [3.05, 3.63) is 78.9 Å². The lowest BCUT2D eigenvalue weighted by molar-refractivity contribution is -0.941. The molecule has 3 fully saturated rings. The van der Waals surface area contributed by atoms with E-state index in [0.29, 0.717) is 12.5 Å². The molecule has 1 amide bonds. The Hall–Kier alpha value is -2.11. The van der Waals surface area contributed by atoms with Crippen molar-refractivity contribution in [3.8, 4) is 0 Å². The Balaban J connectivity index is 0.00000240. The van der Waals surface area contributed by atoms with Crippen molar-refractivity contribution < 1.29 is 31.0 Å². The molecule has 0 radical (unpaired) electrons.